The number of likely N-dealkylation sites (N-methyl/N-ethyl adjacent to an activating group) is 1. The minimum absolute atomic E-state index is 0.249. The van der Waals surface area contributed by atoms with Gasteiger partial charge in [0.25, 0.3) is 0 Å². The predicted octanol–water partition coefficient (Wildman–Crippen LogP) is 1.93. The van der Waals surface area contributed by atoms with Crippen LogP contribution in [0.1, 0.15) is 24.2 Å². The molecule has 182 valence electrons. The third-order valence-electron chi connectivity index (χ3n) is 7.61. The Morgan fingerprint density at radius 3 is 2.00 bits per heavy atom. The number of carbonyl (C=O) groups excluding carboxylic acids is 1. The number of hydrogen-bond donors (Lipinski definition) is 0. The summed E-state index contributed by atoms with van der Waals surface area (Å²) in [7, 11) is 2.16. The van der Waals surface area contributed by atoms with Gasteiger partial charge in [0.05, 0.1) is 5.41 Å². The van der Waals surface area contributed by atoms with Crippen LogP contribution in [0.3, 0.4) is 0 Å². The number of anilines is 2. The number of carbonyl (C=O) groups is 1. The molecule has 0 spiro atoms. The van der Waals surface area contributed by atoms with E-state index in [-0.39, 0.29) is 5.91 Å². The SMILES string of the molecule is Cc1nc(N2CCN(C)CC2)cc(N2CCN(C(=O)C3(c4ccccc4)CCOCC3)CC2)n1. The lowest BCUT2D eigenvalue weighted by atomic mass is 9.73. The molecule has 1 aromatic carbocycles. The third kappa shape index (κ3) is 4.61. The molecule has 1 amide bonds. The van der Waals surface area contributed by atoms with Crippen LogP contribution in [0.4, 0.5) is 11.6 Å². The monoisotopic (exact) mass is 464 g/mol. The van der Waals surface area contributed by atoms with E-state index in [1.165, 1.54) is 0 Å². The first-order chi connectivity index (χ1) is 16.5. The summed E-state index contributed by atoms with van der Waals surface area (Å²) in [5, 5.41) is 0. The van der Waals surface area contributed by atoms with Gasteiger partial charge in [0.1, 0.15) is 17.5 Å². The lowest BCUT2D eigenvalue weighted by Crippen LogP contribution is -2.56. The van der Waals surface area contributed by atoms with E-state index in [9.17, 15) is 4.79 Å². The maximum atomic E-state index is 13.9. The number of nitrogens with zero attached hydrogens (tertiary/aromatic N) is 6. The number of benzene rings is 1. The van der Waals surface area contributed by atoms with E-state index in [1.807, 2.05) is 25.1 Å². The summed E-state index contributed by atoms with van der Waals surface area (Å²) in [6.45, 7) is 10.3. The Balaban J connectivity index is 1.29. The lowest BCUT2D eigenvalue weighted by molar-refractivity contribution is -0.141. The number of aryl methyl sites for hydroxylation is 1. The van der Waals surface area contributed by atoms with Gasteiger partial charge in [-0.25, -0.2) is 9.97 Å². The van der Waals surface area contributed by atoms with E-state index in [0.29, 0.717) is 26.3 Å². The first-order valence-electron chi connectivity index (χ1n) is 12.5. The summed E-state index contributed by atoms with van der Waals surface area (Å²) < 4.78 is 5.64. The van der Waals surface area contributed by atoms with E-state index < -0.39 is 5.41 Å². The van der Waals surface area contributed by atoms with Gasteiger partial charge in [-0.1, -0.05) is 30.3 Å². The van der Waals surface area contributed by atoms with Crippen LogP contribution in [0.2, 0.25) is 0 Å². The number of rotatable bonds is 4. The van der Waals surface area contributed by atoms with Gasteiger partial charge in [-0.15, -0.1) is 0 Å². The van der Waals surface area contributed by atoms with Crippen LogP contribution in [0.5, 0.6) is 0 Å². The van der Waals surface area contributed by atoms with Crippen molar-refractivity contribution in [2.24, 2.45) is 0 Å². The average molecular weight is 465 g/mol. The zero-order valence-corrected chi connectivity index (χ0v) is 20.4. The fraction of sp³-hybridized carbons (Fsp3) is 0.577. The standard InChI is InChI=1S/C26H36N6O2/c1-21-27-23(30-12-10-29(2)11-13-30)20-24(28-21)31-14-16-32(17-15-31)25(33)26(8-18-34-19-9-26)22-6-4-3-5-7-22/h3-7,20H,8-19H2,1-2H3. The Morgan fingerprint density at radius 2 is 1.41 bits per heavy atom. The molecule has 0 radical (unpaired) electrons. The van der Waals surface area contributed by atoms with Gasteiger partial charge in [-0.2, -0.15) is 0 Å². The highest BCUT2D eigenvalue weighted by molar-refractivity contribution is 5.88. The molecule has 3 saturated heterocycles. The van der Waals surface area contributed by atoms with Crippen LogP contribution >= 0.6 is 0 Å². The zero-order chi connectivity index (χ0) is 23.5. The molecule has 4 heterocycles. The summed E-state index contributed by atoms with van der Waals surface area (Å²) in [5.41, 5.74) is 0.649. The molecule has 2 aromatic rings. The number of amides is 1. The molecule has 0 saturated carbocycles. The smallest absolute Gasteiger partial charge is 0.233 e. The lowest BCUT2D eigenvalue weighted by Gasteiger charge is -2.43. The summed E-state index contributed by atoms with van der Waals surface area (Å²) >= 11 is 0. The van der Waals surface area contributed by atoms with Crippen LogP contribution in [-0.4, -0.2) is 98.3 Å². The summed E-state index contributed by atoms with van der Waals surface area (Å²) in [4.78, 5) is 32.4. The molecule has 0 bridgehead atoms. The van der Waals surface area contributed by atoms with Gasteiger partial charge in [0.2, 0.25) is 5.91 Å². The minimum atomic E-state index is -0.470. The molecule has 1 aromatic heterocycles. The number of piperazine rings is 2. The molecule has 0 atom stereocenters. The first-order valence-corrected chi connectivity index (χ1v) is 12.5. The van der Waals surface area contributed by atoms with Crippen molar-refractivity contribution in [2.75, 3.05) is 82.4 Å². The van der Waals surface area contributed by atoms with E-state index in [0.717, 1.165) is 75.1 Å². The van der Waals surface area contributed by atoms with Gasteiger partial charge in [0, 0.05) is 71.6 Å². The second kappa shape index (κ2) is 9.88. The van der Waals surface area contributed by atoms with Gasteiger partial charge in [-0.05, 0) is 32.4 Å². The van der Waals surface area contributed by atoms with Crippen molar-refractivity contribution < 1.29 is 9.53 Å². The normalized spacial score (nSPS) is 21.5. The molecule has 8 heteroatoms. The summed E-state index contributed by atoms with van der Waals surface area (Å²) in [5.74, 6) is 3.03. The van der Waals surface area contributed by atoms with Gasteiger partial charge >= 0.3 is 0 Å². The van der Waals surface area contributed by atoms with Crippen LogP contribution in [-0.2, 0) is 14.9 Å². The van der Waals surface area contributed by atoms with Crippen LogP contribution < -0.4 is 9.80 Å². The number of aromatic nitrogens is 2. The maximum Gasteiger partial charge on any atom is 0.233 e. The molecule has 0 unspecified atom stereocenters. The highest BCUT2D eigenvalue weighted by Crippen LogP contribution is 2.37. The van der Waals surface area contributed by atoms with Crippen molar-refractivity contribution in [2.45, 2.75) is 25.2 Å². The molecule has 0 aliphatic carbocycles. The van der Waals surface area contributed by atoms with E-state index in [2.05, 4.69) is 44.8 Å². The Hall–Kier alpha value is -2.71. The fourth-order valence-electron chi connectivity index (χ4n) is 5.44. The molecule has 3 aliphatic heterocycles. The highest BCUT2D eigenvalue weighted by atomic mass is 16.5. The van der Waals surface area contributed by atoms with Crippen molar-refractivity contribution >= 4 is 17.5 Å². The average Bonchev–Trinajstić information content (AvgIpc) is 2.89. The van der Waals surface area contributed by atoms with Crippen LogP contribution in [0.15, 0.2) is 36.4 Å². The molecule has 5 rings (SSSR count). The minimum Gasteiger partial charge on any atom is -0.381 e. The largest absolute Gasteiger partial charge is 0.381 e. The van der Waals surface area contributed by atoms with Crippen LogP contribution in [0, 0.1) is 6.92 Å². The van der Waals surface area contributed by atoms with Crippen molar-refractivity contribution in [3.8, 4) is 0 Å². The second-order valence-corrected chi connectivity index (χ2v) is 9.76. The number of hydrogen-bond acceptors (Lipinski definition) is 7. The molecule has 8 nitrogen and oxygen atoms in total. The zero-order valence-electron chi connectivity index (χ0n) is 20.4. The quantitative estimate of drug-likeness (QED) is 0.685. The van der Waals surface area contributed by atoms with Gasteiger partial charge < -0.3 is 24.3 Å². The second-order valence-electron chi connectivity index (χ2n) is 9.76. The van der Waals surface area contributed by atoms with Crippen molar-refractivity contribution in [3.05, 3.63) is 47.8 Å². The van der Waals surface area contributed by atoms with Crippen LogP contribution in [0.25, 0.3) is 0 Å². The van der Waals surface area contributed by atoms with Gasteiger partial charge in [0.15, 0.2) is 0 Å². The Kier molecular flexibility index (Phi) is 6.70. The van der Waals surface area contributed by atoms with Crippen molar-refractivity contribution in [1.29, 1.82) is 0 Å². The topological polar surface area (TPSA) is 65.0 Å². The Labute approximate surface area is 202 Å². The molecular formula is C26H36N6O2. The molecule has 3 aliphatic rings. The van der Waals surface area contributed by atoms with E-state index in [4.69, 9.17) is 14.7 Å². The predicted molar refractivity (Wildman–Crippen MR) is 133 cm³/mol. The van der Waals surface area contributed by atoms with E-state index in [1.54, 1.807) is 0 Å². The summed E-state index contributed by atoms with van der Waals surface area (Å²) in [6.07, 6.45) is 1.49. The van der Waals surface area contributed by atoms with Crippen molar-refractivity contribution in [1.82, 2.24) is 19.8 Å². The Bertz CT molecular complexity index is 978. The maximum absolute atomic E-state index is 13.9. The fourth-order valence-corrected chi connectivity index (χ4v) is 5.44. The first kappa shape index (κ1) is 23.1. The Morgan fingerprint density at radius 1 is 0.853 bits per heavy atom. The highest BCUT2D eigenvalue weighted by Gasteiger charge is 2.44. The molecular weight excluding hydrogens is 428 g/mol. The molecule has 3 fully saturated rings. The van der Waals surface area contributed by atoms with Crippen molar-refractivity contribution in [3.63, 3.8) is 0 Å². The number of ether oxygens (including phenoxy) is 1. The summed E-state index contributed by atoms with van der Waals surface area (Å²) in [6, 6.07) is 12.4. The molecule has 34 heavy (non-hydrogen) atoms. The van der Waals surface area contributed by atoms with E-state index >= 15 is 0 Å². The van der Waals surface area contributed by atoms with Gasteiger partial charge in [-0.3, -0.25) is 4.79 Å². The third-order valence-corrected chi connectivity index (χ3v) is 7.61. The molecule has 0 N–H and O–H groups in total.